The van der Waals surface area contributed by atoms with Crippen molar-refractivity contribution in [2.75, 3.05) is 11.9 Å². The zero-order valence-corrected chi connectivity index (χ0v) is 18.1. The third kappa shape index (κ3) is 4.34. The van der Waals surface area contributed by atoms with Crippen LogP contribution in [0.25, 0.3) is 10.9 Å². The Morgan fingerprint density at radius 1 is 1.39 bits per heavy atom. The molecule has 2 aromatic heterocycles. The van der Waals surface area contributed by atoms with Crippen molar-refractivity contribution in [3.05, 3.63) is 53.1 Å². The summed E-state index contributed by atoms with van der Waals surface area (Å²) in [6, 6.07) is 8.69. The van der Waals surface area contributed by atoms with E-state index < -0.39 is 11.5 Å². The van der Waals surface area contributed by atoms with Gasteiger partial charge < -0.3 is 20.4 Å². The van der Waals surface area contributed by atoms with Gasteiger partial charge in [0.2, 0.25) is 0 Å². The van der Waals surface area contributed by atoms with Crippen LogP contribution in [0.15, 0.2) is 36.5 Å². The number of ether oxygens (including phenoxy) is 1. The van der Waals surface area contributed by atoms with Crippen molar-refractivity contribution in [3.8, 4) is 5.75 Å². The summed E-state index contributed by atoms with van der Waals surface area (Å²) >= 11 is 0. The van der Waals surface area contributed by atoms with Crippen molar-refractivity contribution in [1.29, 1.82) is 0 Å². The minimum atomic E-state index is -0.600. The molecule has 1 aliphatic carbocycles. The van der Waals surface area contributed by atoms with E-state index in [0.717, 1.165) is 36.6 Å². The molecule has 2 heterocycles. The topological polar surface area (TPSA) is 103 Å². The van der Waals surface area contributed by atoms with Gasteiger partial charge in [0.25, 0.3) is 5.69 Å². The Balaban J connectivity index is 1.64. The van der Waals surface area contributed by atoms with Gasteiger partial charge in [-0.25, -0.2) is 0 Å². The predicted molar refractivity (Wildman–Crippen MR) is 117 cm³/mol. The zero-order chi connectivity index (χ0) is 22.2. The van der Waals surface area contributed by atoms with Gasteiger partial charge in [0.05, 0.1) is 29.5 Å². The number of benzene rings is 1. The van der Waals surface area contributed by atoms with Crippen molar-refractivity contribution >= 4 is 22.5 Å². The molecule has 1 amide bonds. The van der Waals surface area contributed by atoms with E-state index in [9.17, 15) is 15.1 Å². The SMILES string of the molecule is CCOc1cc2nn(C3CCC(C)(O)CC3)cc2cc1NC(=O)c1cccc(C)[n+]1[O-]. The lowest BCUT2D eigenvalue weighted by atomic mass is 9.84. The summed E-state index contributed by atoms with van der Waals surface area (Å²) in [5, 5.41) is 30.9. The molecule has 0 saturated heterocycles. The Hall–Kier alpha value is -3.13. The second kappa shape index (κ2) is 8.19. The first-order valence-electron chi connectivity index (χ1n) is 10.7. The maximum Gasteiger partial charge on any atom is 0.321 e. The molecule has 0 radical (unpaired) electrons. The Kier molecular flexibility index (Phi) is 5.58. The van der Waals surface area contributed by atoms with Gasteiger partial charge in [-0.15, -0.1) is 0 Å². The first-order valence-corrected chi connectivity index (χ1v) is 10.7. The van der Waals surface area contributed by atoms with E-state index >= 15 is 0 Å². The maximum absolute atomic E-state index is 12.8. The van der Waals surface area contributed by atoms with Crippen molar-refractivity contribution < 1.29 is 19.4 Å². The third-order valence-corrected chi connectivity index (χ3v) is 5.94. The van der Waals surface area contributed by atoms with Crippen LogP contribution in [0, 0.1) is 12.1 Å². The molecule has 0 bridgehead atoms. The number of aryl methyl sites for hydroxylation is 1. The summed E-state index contributed by atoms with van der Waals surface area (Å²) < 4.78 is 8.30. The fourth-order valence-electron chi connectivity index (χ4n) is 4.08. The van der Waals surface area contributed by atoms with Gasteiger partial charge >= 0.3 is 5.91 Å². The molecule has 4 rings (SSSR count). The van der Waals surface area contributed by atoms with E-state index in [1.54, 1.807) is 19.1 Å². The van der Waals surface area contributed by atoms with Crippen LogP contribution in [0.5, 0.6) is 5.75 Å². The van der Waals surface area contributed by atoms with Gasteiger partial charge in [-0.1, -0.05) is 0 Å². The highest BCUT2D eigenvalue weighted by Crippen LogP contribution is 2.36. The standard InChI is InChI=1S/C23H28N4O4/c1-4-31-21-13-18-16(14-26(25-18)17-8-10-23(3,29)11-9-17)12-19(21)24-22(28)20-7-5-6-15(2)27(20)30/h5-7,12-14,17,29H,4,8-11H2,1-3H3,(H,24,28). The number of fused-ring (bicyclic) bond motifs is 1. The van der Waals surface area contributed by atoms with Gasteiger partial charge in [-0.3, -0.25) is 9.48 Å². The number of carbonyl (C=O) groups excluding carboxylic acids is 1. The number of hydrogen-bond acceptors (Lipinski definition) is 5. The van der Waals surface area contributed by atoms with Crippen molar-refractivity contribution in [2.45, 2.75) is 58.1 Å². The quantitative estimate of drug-likeness (QED) is 0.482. The van der Waals surface area contributed by atoms with E-state index in [-0.39, 0.29) is 11.7 Å². The van der Waals surface area contributed by atoms with Crippen molar-refractivity contribution in [3.63, 3.8) is 0 Å². The Bertz CT molecular complexity index is 1110. The number of amides is 1. The first-order chi connectivity index (χ1) is 14.8. The lowest BCUT2D eigenvalue weighted by Gasteiger charge is -2.33. The minimum absolute atomic E-state index is 0.0208. The fourth-order valence-corrected chi connectivity index (χ4v) is 4.08. The fraction of sp³-hybridized carbons (Fsp3) is 0.435. The number of nitrogens with zero attached hydrogens (tertiary/aromatic N) is 3. The molecule has 3 aromatic rings. The summed E-state index contributed by atoms with van der Waals surface area (Å²) in [7, 11) is 0. The van der Waals surface area contributed by atoms with E-state index in [1.807, 2.05) is 36.9 Å². The van der Waals surface area contributed by atoms with E-state index in [4.69, 9.17) is 9.84 Å². The minimum Gasteiger partial charge on any atom is -0.618 e. The monoisotopic (exact) mass is 424 g/mol. The second-order valence-corrected chi connectivity index (χ2v) is 8.48. The molecule has 0 unspecified atom stereocenters. The van der Waals surface area contributed by atoms with Gasteiger partial charge in [0.15, 0.2) is 5.69 Å². The number of carbonyl (C=O) groups is 1. The summed E-state index contributed by atoms with van der Waals surface area (Å²) in [5.74, 6) is 0.00573. The molecule has 1 aliphatic rings. The summed E-state index contributed by atoms with van der Waals surface area (Å²) in [6.07, 6.45) is 5.17. The lowest BCUT2D eigenvalue weighted by molar-refractivity contribution is -0.614. The van der Waals surface area contributed by atoms with Crippen LogP contribution in [-0.4, -0.2) is 33.0 Å². The number of aromatic nitrogens is 3. The molecule has 0 aliphatic heterocycles. The van der Waals surface area contributed by atoms with Crippen LogP contribution >= 0.6 is 0 Å². The van der Waals surface area contributed by atoms with Gasteiger partial charge in [0, 0.05) is 36.7 Å². The molecule has 8 nitrogen and oxygen atoms in total. The van der Waals surface area contributed by atoms with Gasteiger partial charge in [0.1, 0.15) is 5.75 Å². The van der Waals surface area contributed by atoms with Gasteiger partial charge in [-0.2, -0.15) is 9.83 Å². The average Bonchev–Trinajstić information content (AvgIpc) is 3.13. The van der Waals surface area contributed by atoms with Crippen LogP contribution in [0.1, 0.15) is 61.8 Å². The highest BCUT2D eigenvalue weighted by molar-refractivity contribution is 6.04. The van der Waals surface area contributed by atoms with E-state index in [2.05, 4.69) is 5.32 Å². The molecule has 0 spiro atoms. The highest BCUT2D eigenvalue weighted by Gasteiger charge is 2.30. The zero-order valence-electron chi connectivity index (χ0n) is 18.1. The summed E-state index contributed by atoms with van der Waals surface area (Å²) in [6.45, 7) is 5.83. The summed E-state index contributed by atoms with van der Waals surface area (Å²) in [5.41, 5.74) is 1.13. The molecule has 2 N–H and O–H groups in total. The number of aliphatic hydroxyl groups is 1. The highest BCUT2D eigenvalue weighted by atomic mass is 16.5. The number of pyridine rings is 1. The largest absolute Gasteiger partial charge is 0.618 e. The molecule has 1 fully saturated rings. The second-order valence-electron chi connectivity index (χ2n) is 8.48. The van der Waals surface area contributed by atoms with E-state index in [1.165, 1.54) is 6.07 Å². The molecular weight excluding hydrogens is 396 g/mol. The van der Waals surface area contributed by atoms with Crippen LogP contribution in [0.3, 0.4) is 0 Å². The Morgan fingerprint density at radius 3 is 2.84 bits per heavy atom. The average molecular weight is 425 g/mol. The van der Waals surface area contributed by atoms with Crippen LogP contribution in [-0.2, 0) is 0 Å². The molecule has 164 valence electrons. The van der Waals surface area contributed by atoms with Crippen LogP contribution in [0.2, 0.25) is 0 Å². The van der Waals surface area contributed by atoms with Crippen molar-refractivity contribution in [1.82, 2.24) is 9.78 Å². The molecular formula is C23H28N4O4. The molecule has 1 aromatic carbocycles. The van der Waals surface area contributed by atoms with Crippen LogP contribution in [0.4, 0.5) is 5.69 Å². The number of anilines is 1. The predicted octanol–water partition coefficient (Wildman–Crippen LogP) is 3.50. The lowest BCUT2D eigenvalue weighted by Crippen LogP contribution is -2.39. The normalized spacial score (nSPS) is 21.2. The number of rotatable bonds is 5. The number of hydrogen-bond donors (Lipinski definition) is 2. The van der Waals surface area contributed by atoms with Crippen molar-refractivity contribution in [2.24, 2.45) is 0 Å². The third-order valence-electron chi connectivity index (χ3n) is 5.94. The Morgan fingerprint density at radius 2 is 2.13 bits per heavy atom. The van der Waals surface area contributed by atoms with Crippen LogP contribution < -0.4 is 14.8 Å². The molecule has 31 heavy (non-hydrogen) atoms. The number of nitrogens with one attached hydrogen (secondary N) is 1. The molecule has 1 saturated carbocycles. The first kappa shape index (κ1) is 21.1. The molecule has 0 atom stereocenters. The smallest absolute Gasteiger partial charge is 0.321 e. The molecule has 8 heteroatoms. The van der Waals surface area contributed by atoms with Gasteiger partial charge in [-0.05, 0) is 51.7 Å². The maximum atomic E-state index is 12.8. The van der Waals surface area contributed by atoms with E-state index in [0.29, 0.717) is 28.5 Å². The summed E-state index contributed by atoms with van der Waals surface area (Å²) in [4.78, 5) is 12.8. The Labute approximate surface area is 181 Å².